The standard InChI is InChI=1S/C17H18N2O/c18-12-13-5-4-6-14(11-13)16(20)19-17(9-10-17)15-7-2-1-3-8-15/h1-8,11H,9-10,12,18H2,(H,19,20). The highest BCUT2D eigenvalue weighted by Crippen LogP contribution is 2.45. The van der Waals surface area contributed by atoms with Crippen LogP contribution in [0.1, 0.15) is 34.3 Å². The van der Waals surface area contributed by atoms with Gasteiger partial charge in [0.05, 0.1) is 5.54 Å². The van der Waals surface area contributed by atoms with E-state index in [-0.39, 0.29) is 11.4 Å². The lowest BCUT2D eigenvalue weighted by molar-refractivity contribution is 0.0930. The van der Waals surface area contributed by atoms with Crippen molar-refractivity contribution < 1.29 is 4.79 Å². The maximum absolute atomic E-state index is 12.4. The predicted molar refractivity (Wildman–Crippen MR) is 79.2 cm³/mol. The first kappa shape index (κ1) is 12.9. The molecule has 3 nitrogen and oxygen atoms in total. The summed E-state index contributed by atoms with van der Waals surface area (Å²) in [4.78, 5) is 12.4. The Labute approximate surface area is 118 Å². The molecule has 0 heterocycles. The van der Waals surface area contributed by atoms with Gasteiger partial charge in [0, 0.05) is 12.1 Å². The van der Waals surface area contributed by atoms with Gasteiger partial charge in [0.2, 0.25) is 0 Å². The average molecular weight is 266 g/mol. The van der Waals surface area contributed by atoms with Crippen molar-refractivity contribution in [3.05, 3.63) is 71.3 Å². The van der Waals surface area contributed by atoms with E-state index in [9.17, 15) is 4.79 Å². The van der Waals surface area contributed by atoms with Crippen molar-refractivity contribution in [2.24, 2.45) is 5.73 Å². The molecule has 0 bridgehead atoms. The van der Waals surface area contributed by atoms with E-state index in [1.807, 2.05) is 42.5 Å². The van der Waals surface area contributed by atoms with E-state index in [0.717, 1.165) is 18.4 Å². The lowest BCUT2D eigenvalue weighted by atomic mass is 10.0. The highest BCUT2D eigenvalue weighted by atomic mass is 16.1. The summed E-state index contributed by atoms with van der Waals surface area (Å²) < 4.78 is 0. The first-order valence-electron chi connectivity index (χ1n) is 6.91. The van der Waals surface area contributed by atoms with Crippen molar-refractivity contribution in [1.29, 1.82) is 0 Å². The zero-order valence-corrected chi connectivity index (χ0v) is 11.3. The van der Waals surface area contributed by atoms with E-state index >= 15 is 0 Å². The number of nitrogens with one attached hydrogen (secondary N) is 1. The van der Waals surface area contributed by atoms with Crippen LogP contribution in [0.3, 0.4) is 0 Å². The number of carbonyl (C=O) groups excluding carboxylic acids is 1. The van der Waals surface area contributed by atoms with Crippen LogP contribution in [0.5, 0.6) is 0 Å². The Hall–Kier alpha value is -2.13. The Balaban J connectivity index is 1.79. The number of hydrogen-bond acceptors (Lipinski definition) is 2. The molecule has 0 saturated heterocycles. The normalized spacial score (nSPS) is 15.7. The second-order valence-corrected chi connectivity index (χ2v) is 5.31. The van der Waals surface area contributed by atoms with Crippen molar-refractivity contribution in [2.45, 2.75) is 24.9 Å². The lowest BCUT2D eigenvalue weighted by Gasteiger charge is -2.18. The zero-order valence-electron chi connectivity index (χ0n) is 11.3. The monoisotopic (exact) mass is 266 g/mol. The van der Waals surface area contributed by atoms with Crippen molar-refractivity contribution in [2.75, 3.05) is 0 Å². The molecule has 0 aliphatic heterocycles. The van der Waals surface area contributed by atoms with Gasteiger partial charge in [0.15, 0.2) is 0 Å². The smallest absolute Gasteiger partial charge is 0.251 e. The molecular weight excluding hydrogens is 248 g/mol. The van der Waals surface area contributed by atoms with Gasteiger partial charge in [0.1, 0.15) is 0 Å². The van der Waals surface area contributed by atoms with Gasteiger partial charge in [-0.15, -0.1) is 0 Å². The molecule has 1 aliphatic rings. The maximum atomic E-state index is 12.4. The van der Waals surface area contributed by atoms with Crippen LogP contribution in [0, 0.1) is 0 Å². The van der Waals surface area contributed by atoms with Crippen molar-refractivity contribution in [1.82, 2.24) is 5.32 Å². The van der Waals surface area contributed by atoms with Gasteiger partial charge in [-0.3, -0.25) is 4.79 Å². The largest absolute Gasteiger partial charge is 0.343 e. The second kappa shape index (κ2) is 5.10. The Bertz CT molecular complexity index is 618. The molecule has 1 amide bonds. The SMILES string of the molecule is NCc1cccc(C(=O)NC2(c3ccccc3)CC2)c1. The van der Waals surface area contributed by atoms with Crippen molar-refractivity contribution >= 4 is 5.91 Å². The molecule has 0 spiro atoms. The first-order valence-corrected chi connectivity index (χ1v) is 6.91. The van der Waals surface area contributed by atoms with Gasteiger partial charge < -0.3 is 11.1 Å². The van der Waals surface area contributed by atoms with Gasteiger partial charge in [-0.2, -0.15) is 0 Å². The van der Waals surface area contributed by atoms with Gasteiger partial charge in [0.25, 0.3) is 5.91 Å². The minimum Gasteiger partial charge on any atom is -0.343 e. The van der Waals surface area contributed by atoms with Crippen LogP contribution in [-0.4, -0.2) is 5.91 Å². The summed E-state index contributed by atoms with van der Waals surface area (Å²) in [6.07, 6.45) is 2.00. The third-order valence-electron chi connectivity index (χ3n) is 3.85. The van der Waals surface area contributed by atoms with Crippen LogP contribution < -0.4 is 11.1 Å². The van der Waals surface area contributed by atoms with Gasteiger partial charge in [-0.05, 0) is 36.1 Å². The van der Waals surface area contributed by atoms with Crippen LogP contribution in [0.4, 0.5) is 0 Å². The van der Waals surface area contributed by atoms with Gasteiger partial charge in [-0.25, -0.2) is 0 Å². The summed E-state index contributed by atoms with van der Waals surface area (Å²) in [5.41, 5.74) is 8.28. The number of rotatable bonds is 4. The second-order valence-electron chi connectivity index (χ2n) is 5.31. The average Bonchev–Trinajstić information content (AvgIpc) is 3.29. The van der Waals surface area contributed by atoms with Crippen LogP contribution >= 0.6 is 0 Å². The number of nitrogens with two attached hydrogens (primary N) is 1. The quantitative estimate of drug-likeness (QED) is 0.893. The van der Waals surface area contributed by atoms with E-state index in [1.54, 1.807) is 0 Å². The summed E-state index contributed by atoms with van der Waals surface area (Å²) in [5.74, 6) is -0.0262. The topological polar surface area (TPSA) is 55.1 Å². The fourth-order valence-electron chi connectivity index (χ4n) is 2.50. The Morgan fingerprint density at radius 1 is 1.10 bits per heavy atom. The summed E-state index contributed by atoms with van der Waals surface area (Å²) in [7, 11) is 0. The Morgan fingerprint density at radius 3 is 2.50 bits per heavy atom. The van der Waals surface area contributed by atoms with Crippen LogP contribution in [-0.2, 0) is 12.1 Å². The maximum Gasteiger partial charge on any atom is 0.251 e. The first-order chi connectivity index (χ1) is 9.73. The van der Waals surface area contributed by atoms with E-state index < -0.39 is 0 Å². The van der Waals surface area contributed by atoms with E-state index in [4.69, 9.17) is 5.73 Å². The van der Waals surface area contributed by atoms with Crippen LogP contribution in [0.15, 0.2) is 54.6 Å². The number of amides is 1. The predicted octanol–water partition coefficient (Wildman–Crippen LogP) is 2.56. The minimum atomic E-state index is -0.170. The molecule has 2 aromatic carbocycles. The molecular formula is C17H18N2O. The molecule has 2 aromatic rings. The Kier molecular flexibility index (Phi) is 3.28. The highest BCUT2D eigenvalue weighted by molar-refractivity contribution is 5.95. The molecule has 0 unspecified atom stereocenters. The summed E-state index contributed by atoms with van der Waals surface area (Å²) >= 11 is 0. The van der Waals surface area contributed by atoms with E-state index in [1.165, 1.54) is 5.56 Å². The third-order valence-corrected chi connectivity index (χ3v) is 3.85. The number of carbonyl (C=O) groups is 1. The van der Waals surface area contributed by atoms with Gasteiger partial charge in [-0.1, -0.05) is 42.5 Å². The summed E-state index contributed by atoms with van der Waals surface area (Å²) in [6, 6.07) is 17.7. The molecule has 102 valence electrons. The molecule has 3 N–H and O–H groups in total. The van der Waals surface area contributed by atoms with Crippen molar-refractivity contribution in [3.63, 3.8) is 0 Å². The Morgan fingerprint density at radius 2 is 1.85 bits per heavy atom. The zero-order chi connectivity index (χ0) is 14.0. The molecule has 20 heavy (non-hydrogen) atoms. The lowest BCUT2D eigenvalue weighted by Crippen LogP contribution is -2.34. The van der Waals surface area contributed by atoms with Crippen molar-refractivity contribution in [3.8, 4) is 0 Å². The van der Waals surface area contributed by atoms with Crippen LogP contribution in [0.2, 0.25) is 0 Å². The van der Waals surface area contributed by atoms with Gasteiger partial charge >= 0.3 is 0 Å². The van der Waals surface area contributed by atoms with Crippen LogP contribution in [0.25, 0.3) is 0 Å². The summed E-state index contributed by atoms with van der Waals surface area (Å²) in [6.45, 7) is 0.449. The molecule has 1 fully saturated rings. The molecule has 0 aromatic heterocycles. The van der Waals surface area contributed by atoms with E-state index in [0.29, 0.717) is 12.1 Å². The molecule has 3 rings (SSSR count). The number of hydrogen-bond donors (Lipinski definition) is 2. The molecule has 1 aliphatic carbocycles. The number of benzene rings is 2. The van der Waals surface area contributed by atoms with E-state index in [2.05, 4.69) is 17.4 Å². The minimum absolute atomic E-state index is 0.0262. The molecule has 0 radical (unpaired) electrons. The molecule has 1 saturated carbocycles. The summed E-state index contributed by atoms with van der Waals surface area (Å²) in [5, 5.41) is 3.17. The fraction of sp³-hybridized carbons (Fsp3) is 0.235. The molecule has 3 heteroatoms. The fourth-order valence-corrected chi connectivity index (χ4v) is 2.50. The third kappa shape index (κ3) is 2.45. The highest BCUT2D eigenvalue weighted by Gasteiger charge is 2.45. The molecule has 0 atom stereocenters.